The second-order valence-electron chi connectivity index (χ2n) is 3.80. The van der Waals surface area contributed by atoms with Crippen molar-refractivity contribution in [3.63, 3.8) is 0 Å². The first kappa shape index (κ1) is 12.8. The first-order valence-electron chi connectivity index (χ1n) is 5.62. The molecule has 0 aromatic carbocycles. The quantitative estimate of drug-likeness (QED) is 0.656. The number of amides is 3. The Morgan fingerprint density at radius 1 is 1.38 bits per heavy atom. The molecule has 3 amide bonds. The van der Waals surface area contributed by atoms with Gasteiger partial charge in [0.15, 0.2) is 0 Å². The molecule has 0 saturated carbocycles. The highest BCUT2D eigenvalue weighted by Gasteiger charge is 2.16. The summed E-state index contributed by atoms with van der Waals surface area (Å²) >= 11 is 0. The van der Waals surface area contributed by atoms with Crippen LogP contribution in [-0.4, -0.2) is 68.1 Å². The van der Waals surface area contributed by atoms with Gasteiger partial charge in [-0.2, -0.15) is 0 Å². The molecule has 16 heavy (non-hydrogen) atoms. The van der Waals surface area contributed by atoms with Crippen molar-refractivity contribution in [2.45, 2.75) is 6.92 Å². The monoisotopic (exact) mass is 228 g/mol. The Labute approximate surface area is 96.0 Å². The van der Waals surface area contributed by atoms with Gasteiger partial charge in [-0.05, 0) is 6.92 Å². The van der Waals surface area contributed by atoms with Crippen molar-refractivity contribution < 1.29 is 9.59 Å². The van der Waals surface area contributed by atoms with E-state index in [1.807, 2.05) is 6.92 Å². The molecule has 1 heterocycles. The van der Waals surface area contributed by atoms with Crippen LogP contribution < -0.4 is 10.6 Å². The molecule has 6 heteroatoms. The second-order valence-corrected chi connectivity index (χ2v) is 3.80. The predicted octanol–water partition coefficient (Wildman–Crippen LogP) is -0.920. The highest BCUT2D eigenvalue weighted by atomic mass is 16.2. The van der Waals surface area contributed by atoms with E-state index in [-0.39, 0.29) is 18.5 Å². The third-order valence-electron chi connectivity index (χ3n) is 2.68. The average Bonchev–Trinajstić information content (AvgIpc) is 2.35. The van der Waals surface area contributed by atoms with Crippen LogP contribution in [0.2, 0.25) is 0 Å². The smallest absolute Gasteiger partial charge is 0.317 e. The van der Waals surface area contributed by atoms with Gasteiger partial charge in [0.05, 0.1) is 6.54 Å². The van der Waals surface area contributed by atoms with Gasteiger partial charge in [-0.15, -0.1) is 0 Å². The lowest BCUT2D eigenvalue weighted by Gasteiger charge is -2.27. The van der Waals surface area contributed by atoms with E-state index in [4.69, 9.17) is 0 Å². The van der Waals surface area contributed by atoms with Crippen molar-refractivity contribution in [2.75, 3.05) is 46.3 Å². The van der Waals surface area contributed by atoms with Gasteiger partial charge in [-0.25, -0.2) is 4.79 Å². The maximum Gasteiger partial charge on any atom is 0.317 e. The minimum atomic E-state index is -0.203. The summed E-state index contributed by atoms with van der Waals surface area (Å²) in [5, 5.41) is 5.78. The molecule has 1 rings (SSSR count). The summed E-state index contributed by atoms with van der Waals surface area (Å²) in [6.07, 6.45) is 0. The normalized spacial score (nSPS) is 15.8. The van der Waals surface area contributed by atoms with E-state index in [1.165, 1.54) is 4.90 Å². The Morgan fingerprint density at radius 3 is 2.56 bits per heavy atom. The number of nitrogens with zero attached hydrogens (tertiary/aromatic N) is 2. The molecule has 0 atom stereocenters. The Balaban J connectivity index is 2.26. The van der Waals surface area contributed by atoms with E-state index in [2.05, 4.69) is 10.6 Å². The van der Waals surface area contributed by atoms with Crippen LogP contribution in [0.1, 0.15) is 6.92 Å². The third kappa shape index (κ3) is 3.69. The molecule has 1 aliphatic rings. The maximum atomic E-state index is 11.7. The Bertz CT molecular complexity index is 251. The van der Waals surface area contributed by atoms with Gasteiger partial charge in [0, 0.05) is 39.8 Å². The van der Waals surface area contributed by atoms with Crippen LogP contribution in [0.25, 0.3) is 0 Å². The minimum absolute atomic E-state index is 0.0145. The zero-order valence-electron chi connectivity index (χ0n) is 9.95. The van der Waals surface area contributed by atoms with Crippen molar-refractivity contribution in [1.82, 2.24) is 20.4 Å². The lowest BCUT2D eigenvalue weighted by atomic mass is 10.3. The third-order valence-corrected chi connectivity index (χ3v) is 2.68. The standard InChI is InChI=1S/C10H20N4O2/c1-3-13(2)10(16)12-8-9(15)14-6-4-11-5-7-14/h11H,3-8H2,1-2H3,(H,12,16). The summed E-state index contributed by atoms with van der Waals surface area (Å²) < 4.78 is 0. The molecule has 1 saturated heterocycles. The number of carbonyl (C=O) groups excluding carboxylic acids is 2. The van der Waals surface area contributed by atoms with Crippen LogP contribution in [0.3, 0.4) is 0 Å². The number of carbonyl (C=O) groups is 2. The van der Waals surface area contributed by atoms with Gasteiger partial charge < -0.3 is 20.4 Å². The van der Waals surface area contributed by atoms with Gasteiger partial charge in [0.25, 0.3) is 0 Å². The number of piperazine rings is 1. The molecule has 92 valence electrons. The molecule has 0 radical (unpaired) electrons. The van der Waals surface area contributed by atoms with Gasteiger partial charge >= 0.3 is 6.03 Å². The number of nitrogens with one attached hydrogen (secondary N) is 2. The molecule has 1 aliphatic heterocycles. The van der Waals surface area contributed by atoms with Crippen LogP contribution in [-0.2, 0) is 4.79 Å². The van der Waals surface area contributed by atoms with E-state index in [0.29, 0.717) is 6.54 Å². The van der Waals surface area contributed by atoms with Crippen LogP contribution in [0.15, 0.2) is 0 Å². The molecule has 6 nitrogen and oxygen atoms in total. The highest BCUT2D eigenvalue weighted by molar-refractivity contribution is 5.84. The first-order chi connectivity index (χ1) is 7.65. The van der Waals surface area contributed by atoms with E-state index in [1.54, 1.807) is 11.9 Å². The Hall–Kier alpha value is -1.30. The minimum Gasteiger partial charge on any atom is -0.339 e. The molecule has 0 spiro atoms. The van der Waals surface area contributed by atoms with Crippen LogP contribution in [0.4, 0.5) is 4.79 Å². The van der Waals surface area contributed by atoms with Gasteiger partial charge in [0.2, 0.25) is 5.91 Å². The summed E-state index contributed by atoms with van der Waals surface area (Å²) in [5.41, 5.74) is 0. The van der Waals surface area contributed by atoms with Crippen LogP contribution >= 0.6 is 0 Å². The summed E-state index contributed by atoms with van der Waals surface area (Å²) in [6, 6.07) is -0.203. The van der Waals surface area contributed by atoms with Crippen molar-refractivity contribution >= 4 is 11.9 Å². The van der Waals surface area contributed by atoms with Crippen molar-refractivity contribution in [2.24, 2.45) is 0 Å². The van der Waals surface area contributed by atoms with E-state index < -0.39 is 0 Å². The van der Waals surface area contributed by atoms with E-state index >= 15 is 0 Å². The number of hydrogen-bond donors (Lipinski definition) is 2. The molecule has 0 unspecified atom stereocenters. The molecule has 0 aromatic rings. The number of urea groups is 1. The first-order valence-corrected chi connectivity index (χ1v) is 5.62. The highest BCUT2D eigenvalue weighted by Crippen LogP contribution is 1.92. The molecule has 0 aromatic heterocycles. The fourth-order valence-corrected chi connectivity index (χ4v) is 1.46. The predicted molar refractivity (Wildman–Crippen MR) is 61.2 cm³/mol. The van der Waals surface area contributed by atoms with Crippen molar-refractivity contribution in [3.05, 3.63) is 0 Å². The molecule has 2 N–H and O–H groups in total. The largest absolute Gasteiger partial charge is 0.339 e. The summed E-state index contributed by atoms with van der Waals surface area (Å²) in [5.74, 6) is -0.0145. The Kier molecular flexibility index (Phi) is 5.04. The fraction of sp³-hybridized carbons (Fsp3) is 0.800. The zero-order chi connectivity index (χ0) is 12.0. The molecule has 1 fully saturated rings. The van der Waals surface area contributed by atoms with Gasteiger partial charge in [-0.3, -0.25) is 4.79 Å². The van der Waals surface area contributed by atoms with Crippen molar-refractivity contribution in [1.29, 1.82) is 0 Å². The number of hydrogen-bond acceptors (Lipinski definition) is 3. The second kappa shape index (κ2) is 6.32. The Morgan fingerprint density at radius 2 is 2.00 bits per heavy atom. The average molecular weight is 228 g/mol. The lowest BCUT2D eigenvalue weighted by Crippen LogP contribution is -2.50. The van der Waals surface area contributed by atoms with Crippen LogP contribution in [0, 0.1) is 0 Å². The maximum absolute atomic E-state index is 11.7. The summed E-state index contributed by atoms with van der Waals surface area (Å²) in [7, 11) is 1.70. The topological polar surface area (TPSA) is 64.7 Å². The summed E-state index contributed by atoms with van der Waals surface area (Å²) in [4.78, 5) is 26.4. The molecular weight excluding hydrogens is 208 g/mol. The fourth-order valence-electron chi connectivity index (χ4n) is 1.46. The summed E-state index contributed by atoms with van der Waals surface area (Å²) in [6.45, 7) is 5.70. The number of rotatable bonds is 3. The van der Waals surface area contributed by atoms with Gasteiger partial charge in [-0.1, -0.05) is 0 Å². The zero-order valence-corrected chi connectivity index (χ0v) is 9.95. The van der Waals surface area contributed by atoms with E-state index in [0.717, 1.165) is 26.2 Å². The van der Waals surface area contributed by atoms with Crippen LogP contribution in [0.5, 0.6) is 0 Å². The van der Waals surface area contributed by atoms with Crippen molar-refractivity contribution in [3.8, 4) is 0 Å². The SMILES string of the molecule is CCN(C)C(=O)NCC(=O)N1CCNCC1. The molecule has 0 aliphatic carbocycles. The lowest BCUT2D eigenvalue weighted by molar-refractivity contribution is -0.130. The molecular formula is C10H20N4O2. The molecule has 0 bridgehead atoms. The van der Waals surface area contributed by atoms with E-state index in [9.17, 15) is 9.59 Å². The van der Waals surface area contributed by atoms with Gasteiger partial charge in [0.1, 0.15) is 0 Å².